The topological polar surface area (TPSA) is 75.7 Å². The highest BCUT2D eigenvalue weighted by molar-refractivity contribution is 7.89. The first-order valence-corrected chi connectivity index (χ1v) is 11.4. The number of amides is 1. The summed E-state index contributed by atoms with van der Waals surface area (Å²) < 4.78 is 32.2. The molecule has 1 N–H and O–H groups in total. The number of carbonyl (C=O) groups is 1. The predicted molar refractivity (Wildman–Crippen MR) is 115 cm³/mol. The third-order valence-corrected chi connectivity index (χ3v) is 7.53. The molecule has 0 aliphatic carbocycles. The van der Waals surface area contributed by atoms with Gasteiger partial charge in [0, 0.05) is 24.0 Å². The lowest BCUT2D eigenvalue weighted by molar-refractivity contribution is -0.120. The number of methoxy groups -OCH3 is 1. The van der Waals surface area contributed by atoms with Gasteiger partial charge in [-0.25, -0.2) is 8.42 Å². The summed E-state index contributed by atoms with van der Waals surface area (Å²) in [6.07, 6.45) is 0.792. The summed E-state index contributed by atoms with van der Waals surface area (Å²) in [6, 6.07) is 9.16. The van der Waals surface area contributed by atoms with Crippen LogP contribution < -0.4 is 10.1 Å². The van der Waals surface area contributed by atoms with Gasteiger partial charge in [0.25, 0.3) is 0 Å². The monoisotopic (exact) mass is 476 g/mol. The molecule has 10 heteroatoms. The van der Waals surface area contributed by atoms with Crippen LogP contribution >= 0.6 is 34.8 Å². The maximum absolute atomic E-state index is 12.9. The third-order valence-electron chi connectivity index (χ3n) is 4.77. The lowest BCUT2D eigenvalue weighted by Gasteiger charge is -2.30. The van der Waals surface area contributed by atoms with Crippen LogP contribution in [0.5, 0.6) is 5.75 Å². The molecule has 0 bridgehead atoms. The molecule has 0 spiro atoms. The summed E-state index contributed by atoms with van der Waals surface area (Å²) in [5.41, 5.74) is 0.437. The number of nitrogens with one attached hydrogen (secondary N) is 1. The fourth-order valence-corrected chi connectivity index (χ4v) is 5.30. The Bertz CT molecular complexity index is 1020. The predicted octanol–water partition coefficient (Wildman–Crippen LogP) is 4.69. The third kappa shape index (κ3) is 4.98. The average Bonchev–Trinajstić information content (AvgIpc) is 2.70. The highest BCUT2D eigenvalue weighted by atomic mass is 35.5. The Morgan fingerprint density at radius 3 is 2.38 bits per heavy atom. The van der Waals surface area contributed by atoms with Crippen LogP contribution in [0.1, 0.15) is 12.8 Å². The molecule has 1 saturated heterocycles. The van der Waals surface area contributed by atoms with Crippen LogP contribution in [-0.2, 0) is 14.8 Å². The standard InChI is InChI=1S/C19H19Cl3N2O4S/c1-28-18-5-3-14(11-16(18)22)29(26,27)24-8-6-12(7-9-24)19(25)23-17-10-13(20)2-4-15(17)21/h2-5,10-12H,6-9H2,1H3,(H,23,25). The summed E-state index contributed by atoms with van der Waals surface area (Å²) in [4.78, 5) is 12.7. The summed E-state index contributed by atoms with van der Waals surface area (Å²) in [6.45, 7) is 0.459. The molecule has 1 aliphatic rings. The molecule has 0 atom stereocenters. The van der Waals surface area contributed by atoms with Crippen molar-refractivity contribution in [2.75, 3.05) is 25.5 Å². The van der Waals surface area contributed by atoms with Gasteiger partial charge in [-0.05, 0) is 49.2 Å². The Balaban J connectivity index is 1.65. The smallest absolute Gasteiger partial charge is 0.243 e. The van der Waals surface area contributed by atoms with Crippen LogP contribution in [0.4, 0.5) is 5.69 Å². The van der Waals surface area contributed by atoms with Crippen molar-refractivity contribution in [1.82, 2.24) is 4.31 Å². The van der Waals surface area contributed by atoms with Gasteiger partial charge in [-0.15, -0.1) is 0 Å². The van der Waals surface area contributed by atoms with Crippen LogP contribution in [0.2, 0.25) is 15.1 Å². The Labute approximate surface area is 184 Å². The summed E-state index contributed by atoms with van der Waals surface area (Å²) in [7, 11) is -2.25. The highest BCUT2D eigenvalue weighted by Gasteiger charge is 2.32. The number of sulfonamides is 1. The zero-order chi connectivity index (χ0) is 21.2. The van der Waals surface area contributed by atoms with Crippen molar-refractivity contribution in [2.45, 2.75) is 17.7 Å². The molecular formula is C19H19Cl3N2O4S. The van der Waals surface area contributed by atoms with E-state index in [1.807, 2.05) is 0 Å². The summed E-state index contributed by atoms with van der Waals surface area (Å²) in [5.74, 6) is -0.129. The minimum atomic E-state index is -3.71. The SMILES string of the molecule is COc1ccc(S(=O)(=O)N2CCC(C(=O)Nc3cc(Cl)ccc3Cl)CC2)cc1Cl. The van der Waals surface area contributed by atoms with E-state index >= 15 is 0 Å². The molecule has 0 saturated carbocycles. The summed E-state index contributed by atoms with van der Waals surface area (Å²) in [5, 5.41) is 3.84. The van der Waals surface area contributed by atoms with Gasteiger partial charge >= 0.3 is 0 Å². The lowest BCUT2D eigenvalue weighted by Crippen LogP contribution is -2.41. The second-order valence-electron chi connectivity index (χ2n) is 6.59. The van der Waals surface area contributed by atoms with Gasteiger partial charge in [0.05, 0.1) is 27.7 Å². The number of hydrogen-bond donors (Lipinski definition) is 1. The first kappa shape index (κ1) is 22.2. The molecule has 156 valence electrons. The minimum absolute atomic E-state index is 0.0944. The van der Waals surface area contributed by atoms with E-state index in [0.717, 1.165) is 0 Å². The molecule has 29 heavy (non-hydrogen) atoms. The van der Waals surface area contributed by atoms with Crippen molar-refractivity contribution in [2.24, 2.45) is 5.92 Å². The van der Waals surface area contributed by atoms with E-state index < -0.39 is 10.0 Å². The van der Waals surface area contributed by atoms with E-state index in [0.29, 0.717) is 34.3 Å². The number of nitrogens with zero attached hydrogens (tertiary/aromatic N) is 1. The van der Waals surface area contributed by atoms with Gasteiger partial charge in [0.1, 0.15) is 5.75 Å². The molecule has 1 heterocycles. The van der Waals surface area contributed by atoms with Crippen molar-refractivity contribution >= 4 is 56.4 Å². The van der Waals surface area contributed by atoms with E-state index in [-0.39, 0.29) is 34.8 Å². The molecule has 1 aliphatic heterocycles. The van der Waals surface area contributed by atoms with E-state index in [1.165, 1.54) is 29.6 Å². The number of rotatable bonds is 5. The zero-order valence-corrected chi connectivity index (χ0v) is 18.6. The molecule has 0 aromatic heterocycles. The summed E-state index contributed by atoms with van der Waals surface area (Å²) >= 11 is 18.1. The van der Waals surface area contributed by atoms with Crippen molar-refractivity contribution in [1.29, 1.82) is 0 Å². The Hall–Kier alpha value is -1.51. The maximum Gasteiger partial charge on any atom is 0.243 e. The number of anilines is 1. The largest absolute Gasteiger partial charge is 0.495 e. The number of hydrogen-bond acceptors (Lipinski definition) is 4. The number of carbonyl (C=O) groups excluding carboxylic acids is 1. The van der Waals surface area contributed by atoms with E-state index in [9.17, 15) is 13.2 Å². The molecule has 2 aromatic rings. The molecular weight excluding hydrogens is 459 g/mol. The average molecular weight is 478 g/mol. The van der Waals surface area contributed by atoms with E-state index in [2.05, 4.69) is 5.32 Å². The van der Waals surface area contributed by atoms with Gasteiger partial charge in [-0.2, -0.15) is 4.31 Å². The second-order valence-corrected chi connectivity index (χ2v) is 9.78. The molecule has 1 fully saturated rings. The van der Waals surface area contributed by atoms with E-state index in [1.54, 1.807) is 18.2 Å². The van der Waals surface area contributed by atoms with Crippen LogP contribution in [0.3, 0.4) is 0 Å². The molecule has 3 rings (SSSR count). The maximum atomic E-state index is 12.9. The Kier molecular flexibility index (Phi) is 6.96. The fourth-order valence-electron chi connectivity index (χ4n) is 3.14. The Morgan fingerprint density at radius 1 is 1.07 bits per heavy atom. The zero-order valence-electron chi connectivity index (χ0n) is 15.5. The quantitative estimate of drug-likeness (QED) is 0.677. The first-order chi connectivity index (χ1) is 13.7. The van der Waals surface area contributed by atoms with Gasteiger partial charge in [0.15, 0.2) is 0 Å². The molecule has 1 amide bonds. The minimum Gasteiger partial charge on any atom is -0.495 e. The van der Waals surface area contributed by atoms with Crippen LogP contribution in [0, 0.1) is 5.92 Å². The highest BCUT2D eigenvalue weighted by Crippen LogP contribution is 2.31. The first-order valence-electron chi connectivity index (χ1n) is 8.82. The second kappa shape index (κ2) is 9.10. The van der Waals surface area contributed by atoms with Gasteiger partial charge in [0.2, 0.25) is 15.9 Å². The van der Waals surface area contributed by atoms with Crippen molar-refractivity contribution in [3.8, 4) is 5.75 Å². The normalized spacial score (nSPS) is 15.9. The molecule has 0 radical (unpaired) electrons. The van der Waals surface area contributed by atoms with Crippen LogP contribution in [0.15, 0.2) is 41.3 Å². The number of piperidine rings is 1. The number of benzene rings is 2. The van der Waals surface area contributed by atoms with Crippen molar-refractivity contribution in [3.63, 3.8) is 0 Å². The van der Waals surface area contributed by atoms with E-state index in [4.69, 9.17) is 39.5 Å². The molecule has 0 unspecified atom stereocenters. The molecule has 2 aromatic carbocycles. The van der Waals surface area contributed by atoms with Gasteiger partial charge in [-0.1, -0.05) is 34.8 Å². The lowest BCUT2D eigenvalue weighted by atomic mass is 9.97. The van der Waals surface area contributed by atoms with Crippen LogP contribution in [0.25, 0.3) is 0 Å². The van der Waals surface area contributed by atoms with Crippen molar-refractivity contribution < 1.29 is 17.9 Å². The number of ether oxygens (including phenoxy) is 1. The fraction of sp³-hybridized carbons (Fsp3) is 0.316. The van der Waals surface area contributed by atoms with Crippen molar-refractivity contribution in [3.05, 3.63) is 51.5 Å². The van der Waals surface area contributed by atoms with Gasteiger partial charge in [-0.3, -0.25) is 4.79 Å². The molecule has 6 nitrogen and oxygen atoms in total. The number of halogens is 3. The Morgan fingerprint density at radius 2 is 1.76 bits per heavy atom. The van der Waals surface area contributed by atoms with Crippen LogP contribution in [-0.4, -0.2) is 38.8 Å². The van der Waals surface area contributed by atoms with Gasteiger partial charge < -0.3 is 10.1 Å².